The number of aromatic nitrogens is 1. The predicted octanol–water partition coefficient (Wildman–Crippen LogP) is 0.995. The number of hydrogen-bond donors (Lipinski definition) is 2. The molecule has 5 nitrogen and oxygen atoms in total. The van der Waals surface area contributed by atoms with Gasteiger partial charge in [0.2, 0.25) is 5.91 Å². The van der Waals surface area contributed by atoms with Crippen molar-refractivity contribution in [3.63, 3.8) is 0 Å². The molecule has 3 rings (SSSR count). The summed E-state index contributed by atoms with van der Waals surface area (Å²) in [6.45, 7) is 2.74. The number of carbonyl (C=O) groups is 1. The van der Waals surface area contributed by atoms with Crippen molar-refractivity contribution in [3.8, 4) is 0 Å². The first-order valence-electron chi connectivity index (χ1n) is 7.31. The maximum absolute atomic E-state index is 11.8. The topological polar surface area (TPSA) is 65.5 Å². The fraction of sp³-hybridized carbons (Fsp3) is 0.714. The molecule has 2 fully saturated rings. The Morgan fingerprint density at radius 3 is 2.80 bits per heavy atom. The average molecular weight is 295 g/mol. The van der Waals surface area contributed by atoms with Gasteiger partial charge in [0.15, 0.2) is 0 Å². The van der Waals surface area contributed by atoms with E-state index in [0.29, 0.717) is 6.04 Å². The molecule has 20 heavy (non-hydrogen) atoms. The Hall–Kier alpha value is -0.980. The Morgan fingerprint density at radius 2 is 2.20 bits per heavy atom. The number of aliphatic hydroxyl groups excluding tert-OH is 1. The van der Waals surface area contributed by atoms with Gasteiger partial charge in [0.05, 0.1) is 6.54 Å². The summed E-state index contributed by atoms with van der Waals surface area (Å²) in [6, 6.07) is 0.321. The molecule has 1 aromatic heterocycles. The van der Waals surface area contributed by atoms with Gasteiger partial charge in [-0.2, -0.15) is 0 Å². The number of rotatable bonds is 5. The smallest absolute Gasteiger partial charge is 0.249 e. The van der Waals surface area contributed by atoms with Crippen molar-refractivity contribution < 1.29 is 9.90 Å². The molecule has 1 aromatic rings. The number of nitrogens with one attached hydrogen (secondary N) is 1. The Kier molecular flexibility index (Phi) is 4.33. The zero-order valence-electron chi connectivity index (χ0n) is 11.5. The van der Waals surface area contributed by atoms with E-state index in [9.17, 15) is 9.90 Å². The van der Waals surface area contributed by atoms with Gasteiger partial charge < -0.3 is 10.4 Å². The molecule has 0 aromatic carbocycles. The van der Waals surface area contributed by atoms with Crippen LogP contribution in [-0.2, 0) is 11.3 Å². The van der Waals surface area contributed by atoms with Crippen LogP contribution in [0.4, 0.5) is 0 Å². The molecule has 1 atom stereocenters. The average Bonchev–Trinajstić information content (AvgIpc) is 3.12. The Morgan fingerprint density at radius 1 is 1.45 bits per heavy atom. The van der Waals surface area contributed by atoms with Gasteiger partial charge in [-0.3, -0.25) is 9.69 Å². The normalized spacial score (nSPS) is 22.6. The Balaban J connectivity index is 1.44. The third-order valence-corrected chi connectivity index (χ3v) is 4.88. The number of piperidine rings is 1. The molecule has 1 unspecified atom stereocenters. The van der Waals surface area contributed by atoms with Gasteiger partial charge in [-0.15, -0.1) is 11.3 Å². The number of thiazole rings is 1. The molecule has 2 aliphatic rings. The number of hydrogen-bond acceptors (Lipinski definition) is 5. The van der Waals surface area contributed by atoms with Crippen LogP contribution in [0.15, 0.2) is 11.6 Å². The first-order chi connectivity index (χ1) is 9.72. The summed E-state index contributed by atoms with van der Waals surface area (Å²) < 4.78 is 0. The van der Waals surface area contributed by atoms with Crippen LogP contribution in [-0.4, -0.2) is 46.1 Å². The molecule has 1 aliphatic heterocycles. The maximum Gasteiger partial charge on any atom is 0.249 e. The molecule has 1 aliphatic carbocycles. The third kappa shape index (κ3) is 3.56. The summed E-state index contributed by atoms with van der Waals surface area (Å²) in [6.07, 6.45) is 4.88. The van der Waals surface area contributed by atoms with Crippen molar-refractivity contribution in [2.75, 3.05) is 13.1 Å². The van der Waals surface area contributed by atoms with Gasteiger partial charge >= 0.3 is 0 Å². The highest BCUT2D eigenvalue weighted by atomic mass is 32.1. The van der Waals surface area contributed by atoms with Crippen LogP contribution in [0.1, 0.15) is 30.7 Å². The van der Waals surface area contributed by atoms with Crippen LogP contribution in [0.3, 0.4) is 0 Å². The number of nitrogens with zero attached hydrogens (tertiary/aromatic N) is 2. The molecule has 1 saturated carbocycles. The molecule has 2 heterocycles. The van der Waals surface area contributed by atoms with E-state index in [1.54, 1.807) is 11.3 Å². The second-order valence-electron chi connectivity index (χ2n) is 5.77. The van der Waals surface area contributed by atoms with E-state index in [0.717, 1.165) is 50.3 Å². The van der Waals surface area contributed by atoms with Crippen LogP contribution in [0.2, 0.25) is 0 Å². The van der Waals surface area contributed by atoms with E-state index < -0.39 is 6.10 Å². The van der Waals surface area contributed by atoms with Gasteiger partial charge in [0.25, 0.3) is 0 Å². The summed E-state index contributed by atoms with van der Waals surface area (Å²) in [4.78, 5) is 18.5. The number of likely N-dealkylation sites (tertiary alicyclic amines) is 1. The largest absolute Gasteiger partial charge is 0.383 e. The highest BCUT2D eigenvalue weighted by Gasteiger charge is 2.32. The van der Waals surface area contributed by atoms with E-state index >= 15 is 0 Å². The standard InChI is InChI=1S/C14H21N3O2S/c18-13(14(19)16-11-1-2-11)10-3-6-17(7-4-10)9-12-15-5-8-20-12/h5,8,10-11,13,18H,1-4,6-7,9H2,(H,16,19). The van der Waals surface area contributed by atoms with Gasteiger partial charge in [0, 0.05) is 17.6 Å². The van der Waals surface area contributed by atoms with E-state index in [1.807, 2.05) is 11.6 Å². The van der Waals surface area contributed by atoms with Crippen molar-refractivity contribution >= 4 is 17.2 Å². The minimum atomic E-state index is -0.836. The van der Waals surface area contributed by atoms with Crippen molar-refractivity contribution in [1.29, 1.82) is 0 Å². The van der Waals surface area contributed by atoms with Crippen molar-refractivity contribution in [1.82, 2.24) is 15.2 Å². The summed E-state index contributed by atoms with van der Waals surface area (Å²) >= 11 is 1.68. The third-order valence-electron chi connectivity index (χ3n) is 4.11. The molecule has 1 amide bonds. The van der Waals surface area contributed by atoms with Gasteiger partial charge in [0.1, 0.15) is 11.1 Å². The minimum Gasteiger partial charge on any atom is -0.383 e. The molecule has 2 N–H and O–H groups in total. The van der Waals surface area contributed by atoms with Crippen LogP contribution >= 0.6 is 11.3 Å². The van der Waals surface area contributed by atoms with Crippen LogP contribution in [0.5, 0.6) is 0 Å². The van der Waals surface area contributed by atoms with E-state index in [1.165, 1.54) is 0 Å². The zero-order chi connectivity index (χ0) is 13.9. The monoisotopic (exact) mass is 295 g/mol. The minimum absolute atomic E-state index is 0.0984. The number of amides is 1. The lowest BCUT2D eigenvalue weighted by molar-refractivity contribution is -0.133. The first-order valence-corrected chi connectivity index (χ1v) is 8.19. The van der Waals surface area contributed by atoms with Crippen molar-refractivity contribution in [2.24, 2.45) is 5.92 Å². The second kappa shape index (κ2) is 6.20. The number of carbonyl (C=O) groups excluding carboxylic acids is 1. The van der Waals surface area contributed by atoms with Gasteiger partial charge in [-0.05, 0) is 44.7 Å². The molecular weight excluding hydrogens is 274 g/mol. The molecule has 110 valence electrons. The summed E-state index contributed by atoms with van der Waals surface area (Å²) in [5, 5.41) is 16.1. The van der Waals surface area contributed by atoms with E-state index in [2.05, 4.69) is 15.2 Å². The molecule has 6 heteroatoms. The summed E-state index contributed by atoms with van der Waals surface area (Å²) in [5.74, 6) is -0.0767. The SMILES string of the molecule is O=C(NC1CC1)C(O)C1CCN(Cc2nccs2)CC1. The predicted molar refractivity (Wildman–Crippen MR) is 77.3 cm³/mol. The molecule has 1 saturated heterocycles. The van der Waals surface area contributed by atoms with Crippen LogP contribution in [0, 0.1) is 5.92 Å². The van der Waals surface area contributed by atoms with Crippen molar-refractivity contribution in [3.05, 3.63) is 16.6 Å². The fourth-order valence-corrected chi connectivity index (χ4v) is 3.34. The molecule has 0 bridgehead atoms. The molecule has 0 spiro atoms. The number of aliphatic hydroxyl groups is 1. The maximum atomic E-state index is 11.8. The first kappa shape index (κ1) is 14.0. The molecule has 0 radical (unpaired) electrons. The lowest BCUT2D eigenvalue weighted by Gasteiger charge is -2.33. The second-order valence-corrected chi connectivity index (χ2v) is 6.75. The van der Waals surface area contributed by atoms with Gasteiger partial charge in [-0.25, -0.2) is 4.98 Å². The zero-order valence-corrected chi connectivity index (χ0v) is 12.3. The summed E-state index contributed by atoms with van der Waals surface area (Å²) in [5.41, 5.74) is 0. The lowest BCUT2D eigenvalue weighted by Crippen LogP contribution is -2.44. The Labute approximate surface area is 123 Å². The highest BCUT2D eigenvalue weighted by molar-refractivity contribution is 7.09. The van der Waals surface area contributed by atoms with Gasteiger partial charge in [-0.1, -0.05) is 0 Å². The Bertz CT molecular complexity index is 439. The van der Waals surface area contributed by atoms with Crippen molar-refractivity contribution in [2.45, 2.75) is 44.4 Å². The lowest BCUT2D eigenvalue weighted by atomic mass is 9.90. The molecular formula is C14H21N3O2S. The van der Waals surface area contributed by atoms with E-state index in [4.69, 9.17) is 0 Å². The van der Waals surface area contributed by atoms with Crippen LogP contribution < -0.4 is 5.32 Å². The van der Waals surface area contributed by atoms with E-state index in [-0.39, 0.29) is 11.8 Å². The fourth-order valence-electron chi connectivity index (χ4n) is 2.68. The summed E-state index contributed by atoms with van der Waals surface area (Å²) in [7, 11) is 0. The highest BCUT2D eigenvalue weighted by Crippen LogP contribution is 2.24. The quantitative estimate of drug-likeness (QED) is 0.850. The van der Waals surface area contributed by atoms with Crippen LogP contribution in [0.25, 0.3) is 0 Å².